The van der Waals surface area contributed by atoms with Gasteiger partial charge in [-0.2, -0.15) is 0 Å². The van der Waals surface area contributed by atoms with Gasteiger partial charge in [-0.05, 0) is 60.7 Å². The number of hydrogen-bond acceptors (Lipinski definition) is 4. The molecule has 1 heterocycles. The number of carbonyl (C=O) groups excluding carboxylic acids is 3. The maximum atomic E-state index is 14.1. The number of nitrogens with zero attached hydrogens (tertiary/aromatic N) is 1. The van der Waals surface area contributed by atoms with Gasteiger partial charge in [0.25, 0.3) is 5.91 Å². The highest BCUT2D eigenvalue weighted by Crippen LogP contribution is 2.28. The van der Waals surface area contributed by atoms with E-state index < -0.39 is 29.4 Å². The summed E-state index contributed by atoms with van der Waals surface area (Å²) < 4.78 is 32.3. The predicted molar refractivity (Wildman–Crippen MR) is 123 cm³/mol. The number of hydrogen-bond donors (Lipinski definition) is 2. The third-order valence-electron chi connectivity index (χ3n) is 5.46. The lowest BCUT2D eigenvalue weighted by atomic mass is 10.1. The SMILES string of the molecule is COc1ccc(NC(=O)c2ccc(NC(=O)C3CC(=O)N(c4ccc(F)cc4F)C3)cc2)cc1. The number of amides is 3. The van der Waals surface area contributed by atoms with E-state index in [0.29, 0.717) is 28.8 Å². The highest BCUT2D eigenvalue weighted by atomic mass is 19.1. The van der Waals surface area contributed by atoms with Gasteiger partial charge >= 0.3 is 0 Å². The largest absolute Gasteiger partial charge is 0.497 e. The van der Waals surface area contributed by atoms with Crippen molar-refractivity contribution in [3.05, 3.63) is 83.9 Å². The van der Waals surface area contributed by atoms with Gasteiger partial charge in [0.05, 0.1) is 18.7 Å². The standard InChI is InChI=1S/C25H21F2N3O4/c1-34-20-9-7-19(8-10-20)28-24(32)15-2-5-18(6-3-15)29-25(33)16-12-23(31)30(14-16)22-11-4-17(26)13-21(22)27/h2-11,13,16H,12,14H2,1H3,(H,28,32)(H,29,33). The van der Waals surface area contributed by atoms with E-state index in [9.17, 15) is 23.2 Å². The van der Waals surface area contributed by atoms with Crippen molar-refractivity contribution < 1.29 is 27.9 Å². The van der Waals surface area contributed by atoms with E-state index in [1.807, 2.05) is 0 Å². The Labute approximate surface area is 194 Å². The summed E-state index contributed by atoms with van der Waals surface area (Å²) in [6, 6.07) is 16.1. The fourth-order valence-electron chi connectivity index (χ4n) is 3.64. The number of anilines is 3. The molecule has 4 rings (SSSR count). The zero-order valence-corrected chi connectivity index (χ0v) is 18.2. The highest BCUT2D eigenvalue weighted by Gasteiger charge is 2.36. The van der Waals surface area contributed by atoms with Crippen molar-refractivity contribution in [2.24, 2.45) is 5.92 Å². The molecule has 1 fully saturated rings. The Morgan fingerprint density at radius 1 is 0.941 bits per heavy atom. The van der Waals surface area contributed by atoms with E-state index >= 15 is 0 Å². The maximum absolute atomic E-state index is 14.1. The molecule has 34 heavy (non-hydrogen) atoms. The Morgan fingerprint density at radius 2 is 1.59 bits per heavy atom. The van der Waals surface area contributed by atoms with Gasteiger partial charge in [-0.3, -0.25) is 14.4 Å². The van der Waals surface area contributed by atoms with Crippen molar-refractivity contribution in [2.75, 3.05) is 29.2 Å². The number of ether oxygens (including phenoxy) is 1. The number of carbonyl (C=O) groups is 3. The topological polar surface area (TPSA) is 87.7 Å². The van der Waals surface area contributed by atoms with Crippen LogP contribution in [0.1, 0.15) is 16.8 Å². The van der Waals surface area contributed by atoms with Gasteiger partial charge in [0, 0.05) is 36.0 Å². The first-order chi connectivity index (χ1) is 16.3. The molecule has 0 bridgehead atoms. The number of halogens is 2. The first-order valence-corrected chi connectivity index (χ1v) is 10.5. The summed E-state index contributed by atoms with van der Waals surface area (Å²) in [5, 5.41) is 5.48. The normalized spacial score (nSPS) is 15.2. The fraction of sp³-hybridized carbons (Fsp3) is 0.160. The average molecular weight is 465 g/mol. The Bertz CT molecular complexity index is 1230. The second kappa shape index (κ2) is 9.70. The fourth-order valence-corrected chi connectivity index (χ4v) is 3.64. The molecule has 1 saturated heterocycles. The Balaban J connectivity index is 1.36. The van der Waals surface area contributed by atoms with Gasteiger partial charge in [-0.1, -0.05) is 0 Å². The van der Waals surface area contributed by atoms with Crippen molar-refractivity contribution in [3.8, 4) is 5.75 Å². The molecule has 1 atom stereocenters. The smallest absolute Gasteiger partial charge is 0.255 e. The van der Waals surface area contributed by atoms with Crippen LogP contribution in [0.15, 0.2) is 66.7 Å². The zero-order valence-electron chi connectivity index (χ0n) is 18.2. The molecule has 3 aromatic rings. The molecule has 0 spiro atoms. The molecule has 1 unspecified atom stereocenters. The first-order valence-electron chi connectivity index (χ1n) is 10.5. The molecule has 0 aromatic heterocycles. The third kappa shape index (κ3) is 5.03. The summed E-state index contributed by atoms with van der Waals surface area (Å²) in [6.45, 7) is -0.0183. The van der Waals surface area contributed by atoms with E-state index in [1.54, 1.807) is 55.6 Å². The molecule has 3 aromatic carbocycles. The minimum absolute atomic E-state index is 0.0183. The lowest BCUT2D eigenvalue weighted by molar-refractivity contribution is -0.122. The molecule has 0 radical (unpaired) electrons. The van der Waals surface area contributed by atoms with Crippen LogP contribution in [0.4, 0.5) is 25.8 Å². The number of nitrogens with one attached hydrogen (secondary N) is 2. The van der Waals surface area contributed by atoms with Crippen LogP contribution in [0.5, 0.6) is 5.75 Å². The van der Waals surface area contributed by atoms with Crippen molar-refractivity contribution in [3.63, 3.8) is 0 Å². The van der Waals surface area contributed by atoms with Crippen molar-refractivity contribution >= 4 is 34.8 Å². The minimum atomic E-state index is -0.863. The summed E-state index contributed by atoms with van der Waals surface area (Å²) in [7, 11) is 1.56. The van der Waals surface area contributed by atoms with Gasteiger partial charge in [0.15, 0.2) is 0 Å². The summed E-state index contributed by atoms with van der Waals surface area (Å²) in [5.41, 5.74) is 1.39. The summed E-state index contributed by atoms with van der Waals surface area (Å²) in [5.74, 6) is -2.78. The van der Waals surface area contributed by atoms with Gasteiger partial charge in [0.1, 0.15) is 17.4 Å². The van der Waals surface area contributed by atoms with Gasteiger partial charge < -0.3 is 20.3 Å². The average Bonchev–Trinajstić information content (AvgIpc) is 3.21. The molecule has 174 valence electrons. The molecule has 2 N–H and O–H groups in total. The second-order valence-electron chi connectivity index (χ2n) is 7.75. The first kappa shape index (κ1) is 22.9. The number of methoxy groups -OCH3 is 1. The number of rotatable bonds is 6. The molecule has 0 aliphatic carbocycles. The lowest BCUT2D eigenvalue weighted by Gasteiger charge is -2.17. The van der Waals surface area contributed by atoms with Gasteiger partial charge in [-0.15, -0.1) is 0 Å². The lowest BCUT2D eigenvalue weighted by Crippen LogP contribution is -2.28. The molecule has 1 aliphatic heterocycles. The Kier molecular flexibility index (Phi) is 6.53. The van der Waals surface area contributed by atoms with Crippen molar-refractivity contribution in [1.82, 2.24) is 0 Å². The molecule has 0 saturated carbocycles. The minimum Gasteiger partial charge on any atom is -0.497 e. The molecule has 7 nitrogen and oxygen atoms in total. The van der Waals surface area contributed by atoms with E-state index in [1.165, 1.54) is 6.07 Å². The highest BCUT2D eigenvalue weighted by molar-refractivity contribution is 6.05. The van der Waals surface area contributed by atoms with Crippen LogP contribution in [0, 0.1) is 17.6 Å². The quantitative estimate of drug-likeness (QED) is 0.571. The van der Waals surface area contributed by atoms with Crippen LogP contribution in [-0.2, 0) is 9.59 Å². The van der Waals surface area contributed by atoms with Gasteiger partial charge in [0.2, 0.25) is 11.8 Å². The van der Waals surface area contributed by atoms with Crippen molar-refractivity contribution in [2.45, 2.75) is 6.42 Å². The van der Waals surface area contributed by atoms with Crippen LogP contribution in [0.2, 0.25) is 0 Å². The molecular formula is C25H21F2N3O4. The van der Waals surface area contributed by atoms with Crippen LogP contribution >= 0.6 is 0 Å². The summed E-state index contributed by atoms with van der Waals surface area (Å²) in [4.78, 5) is 38.6. The monoisotopic (exact) mass is 465 g/mol. The van der Waals surface area contributed by atoms with Crippen LogP contribution in [0.25, 0.3) is 0 Å². The summed E-state index contributed by atoms with van der Waals surface area (Å²) >= 11 is 0. The predicted octanol–water partition coefficient (Wildman–Crippen LogP) is 4.22. The van der Waals surface area contributed by atoms with E-state index in [4.69, 9.17) is 4.74 Å². The third-order valence-corrected chi connectivity index (χ3v) is 5.46. The Morgan fingerprint density at radius 3 is 2.24 bits per heavy atom. The van der Waals surface area contributed by atoms with Gasteiger partial charge in [-0.25, -0.2) is 8.78 Å². The van der Waals surface area contributed by atoms with Crippen LogP contribution in [-0.4, -0.2) is 31.4 Å². The van der Waals surface area contributed by atoms with Crippen LogP contribution < -0.4 is 20.3 Å². The summed E-state index contributed by atoms with van der Waals surface area (Å²) in [6.07, 6.45) is -0.0923. The molecule has 3 amide bonds. The molecule has 9 heteroatoms. The van der Waals surface area contributed by atoms with E-state index in [-0.39, 0.29) is 24.6 Å². The van der Waals surface area contributed by atoms with Crippen LogP contribution in [0.3, 0.4) is 0 Å². The number of benzene rings is 3. The Hall–Kier alpha value is -4.27. The second-order valence-corrected chi connectivity index (χ2v) is 7.75. The maximum Gasteiger partial charge on any atom is 0.255 e. The zero-order chi connectivity index (χ0) is 24.2. The molecular weight excluding hydrogens is 444 g/mol. The molecule has 1 aliphatic rings. The van der Waals surface area contributed by atoms with E-state index in [0.717, 1.165) is 11.0 Å². The van der Waals surface area contributed by atoms with E-state index in [2.05, 4.69) is 10.6 Å². The van der Waals surface area contributed by atoms with Crippen molar-refractivity contribution in [1.29, 1.82) is 0 Å².